The van der Waals surface area contributed by atoms with Crippen molar-refractivity contribution in [1.29, 1.82) is 0 Å². The molecule has 5 N–H and O–H groups in total. The van der Waals surface area contributed by atoms with Crippen LogP contribution in [0.3, 0.4) is 0 Å². The summed E-state index contributed by atoms with van der Waals surface area (Å²) in [6.45, 7) is 1.41. The molecule has 0 spiro atoms. The second-order valence-electron chi connectivity index (χ2n) is 7.00. The fourth-order valence-electron chi connectivity index (χ4n) is 2.57. The highest BCUT2D eigenvalue weighted by atomic mass is 35.5. The Morgan fingerprint density at radius 3 is 2.45 bits per heavy atom. The van der Waals surface area contributed by atoms with Crippen molar-refractivity contribution in [3.63, 3.8) is 0 Å². The van der Waals surface area contributed by atoms with Gasteiger partial charge in [-0.05, 0) is 42.7 Å². The zero-order valence-corrected chi connectivity index (χ0v) is 18.7. The smallest absolute Gasteiger partial charge is 0.408 e. The van der Waals surface area contributed by atoms with Gasteiger partial charge in [0.05, 0.1) is 0 Å². The molecule has 0 bridgehead atoms. The zero-order valence-electron chi connectivity index (χ0n) is 17.9. The number of carbonyl (C=O) groups is 4. The van der Waals surface area contributed by atoms with Crippen molar-refractivity contribution in [3.8, 4) is 5.75 Å². The van der Waals surface area contributed by atoms with Gasteiger partial charge in [0, 0.05) is 11.4 Å². The molecule has 0 unspecified atom stereocenters. The lowest BCUT2D eigenvalue weighted by molar-refractivity contribution is -0.131. The number of hydrogen-bond donors (Lipinski definition) is 4. The number of nitrogens with two attached hydrogens (primary N) is 1. The Kier molecular flexibility index (Phi) is 9.97. The zero-order chi connectivity index (χ0) is 24.2. The summed E-state index contributed by atoms with van der Waals surface area (Å²) in [6, 6.07) is 12.7. The van der Waals surface area contributed by atoms with E-state index in [-0.39, 0.29) is 26.1 Å². The van der Waals surface area contributed by atoms with Crippen LogP contribution in [0.25, 0.3) is 0 Å². The van der Waals surface area contributed by atoms with Crippen LogP contribution in [0.5, 0.6) is 5.75 Å². The standard InChI is InChI=1S/C22H25ClN4O6/c1-14-11-16(7-8-17(14)23)32-13-20(29)26-27-21(30)18(9-10-19(24)28)25-22(31)33-12-15-5-3-2-4-6-15/h2-8,11,18H,9-10,12-13H2,1H3,(H2,24,28)(H,25,31)(H,26,29)(H,27,30)/t18-/m0/s1. The van der Waals surface area contributed by atoms with Crippen LogP contribution >= 0.6 is 11.6 Å². The van der Waals surface area contributed by atoms with Crippen LogP contribution in [0.15, 0.2) is 48.5 Å². The highest BCUT2D eigenvalue weighted by molar-refractivity contribution is 6.31. The lowest BCUT2D eigenvalue weighted by atomic mass is 10.1. The monoisotopic (exact) mass is 476 g/mol. The Bertz CT molecular complexity index is 986. The second kappa shape index (κ2) is 12.9. The van der Waals surface area contributed by atoms with Crippen molar-refractivity contribution in [2.75, 3.05) is 6.61 Å². The molecule has 0 radical (unpaired) electrons. The maximum absolute atomic E-state index is 12.4. The van der Waals surface area contributed by atoms with Gasteiger partial charge in [0.1, 0.15) is 18.4 Å². The molecule has 2 aromatic carbocycles. The fourth-order valence-corrected chi connectivity index (χ4v) is 2.69. The lowest BCUT2D eigenvalue weighted by Crippen LogP contribution is -2.53. The fraction of sp³-hybridized carbons (Fsp3) is 0.273. The largest absolute Gasteiger partial charge is 0.484 e. The van der Waals surface area contributed by atoms with E-state index in [1.54, 1.807) is 49.4 Å². The summed E-state index contributed by atoms with van der Waals surface area (Å²) in [5.74, 6) is -1.62. The van der Waals surface area contributed by atoms with Crippen molar-refractivity contribution in [2.45, 2.75) is 32.4 Å². The minimum atomic E-state index is -1.17. The molecule has 176 valence electrons. The number of ether oxygens (including phenoxy) is 2. The molecular formula is C22H25ClN4O6. The van der Waals surface area contributed by atoms with E-state index in [0.717, 1.165) is 11.1 Å². The van der Waals surface area contributed by atoms with Crippen molar-refractivity contribution >= 4 is 35.4 Å². The highest BCUT2D eigenvalue weighted by Crippen LogP contribution is 2.20. The van der Waals surface area contributed by atoms with Crippen LogP contribution in [0.2, 0.25) is 5.02 Å². The normalized spacial score (nSPS) is 11.1. The Balaban J connectivity index is 1.83. The summed E-state index contributed by atoms with van der Waals surface area (Å²) in [6.07, 6.45) is -1.11. The number of nitrogens with one attached hydrogen (secondary N) is 3. The van der Waals surface area contributed by atoms with E-state index >= 15 is 0 Å². The number of aryl methyl sites for hydroxylation is 1. The summed E-state index contributed by atoms with van der Waals surface area (Å²) in [4.78, 5) is 47.6. The van der Waals surface area contributed by atoms with Gasteiger partial charge in [0.25, 0.3) is 11.8 Å². The van der Waals surface area contributed by atoms with Crippen LogP contribution in [-0.2, 0) is 25.7 Å². The van der Waals surface area contributed by atoms with Crippen molar-refractivity contribution in [1.82, 2.24) is 16.2 Å². The van der Waals surface area contributed by atoms with E-state index in [1.165, 1.54) is 0 Å². The van der Waals surface area contributed by atoms with Gasteiger partial charge in [-0.15, -0.1) is 0 Å². The second-order valence-corrected chi connectivity index (χ2v) is 7.41. The summed E-state index contributed by atoms with van der Waals surface area (Å²) in [5.41, 5.74) is 11.0. The number of hydrogen-bond acceptors (Lipinski definition) is 6. The van der Waals surface area contributed by atoms with E-state index < -0.39 is 29.9 Å². The first-order valence-corrected chi connectivity index (χ1v) is 10.4. The topological polar surface area (TPSA) is 149 Å². The molecule has 0 saturated heterocycles. The highest BCUT2D eigenvalue weighted by Gasteiger charge is 2.22. The predicted octanol–water partition coefficient (Wildman–Crippen LogP) is 1.74. The molecule has 0 aliphatic heterocycles. The summed E-state index contributed by atoms with van der Waals surface area (Å²) >= 11 is 5.94. The molecule has 33 heavy (non-hydrogen) atoms. The van der Waals surface area contributed by atoms with Gasteiger partial charge < -0.3 is 20.5 Å². The molecule has 4 amide bonds. The molecule has 0 aromatic heterocycles. The Hall–Kier alpha value is -3.79. The molecule has 0 saturated carbocycles. The summed E-state index contributed by atoms with van der Waals surface area (Å²) in [7, 11) is 0. The summed E-state index contributed by atoms with van der Waals surface area (Å²) in [5, 5.41) is 2.93. The molecule has 0 aliphatic carbocycles. The number of alkyl carbamates (subject to hydrolysis) is 1. The van der Waals surface area contributed by atoms with Crippen molar-refractivity contribution in [3.05, 3.63) is 64.7 Å². The number of rotatable bonds is 10. The number of primary amides is 1. The number of hydrazine groups is 1. The number of benzene rings is 2. The van der Waals surface area contributed by atoms with Crippen LogP contribution in [0.4, 0.5) is 4.79 Å². The van der Waals surface area contributed by atoms with E-state index in [9.17, 15) is 19.2 Å². The van der Waals surface area contributed by atoms with Crippen LogP contribution in [-0.4, -0.2) is 36.5 Å². The predicted molar refractivity (Wildman–Crippen MR) is 120 cm³/mol. The van der Waals surface area contributed by atoms with Gasteiger partial charge in [0.15, 0.2) is 6.61 Å². The van der Waals surface area contributed by atoms with Gasteiger partial charge in [0.2, 0.25) is 5.91 Å². The first-order valence-electron chi connectivity index (χ1n) is 9.97. The van der Waals surface area contributed by atoms with E-state index in [2.05, 4.69) is 16.2 Å². The summed E-state index contributed by atoms with van der Waals surface area (Å²) < 4.78 is 10.4. The number of halogens is 1. The molecule has 2 aromatic rings. The molecule has 2 rings (SSSR count). The first kappa shape index (κ1) is 25.5. The maximum atomic E-state index is 12.4. The minimum Gasteiger partial charge on any atom is -0.484 e. The van der Waals surface area contributed by atoms with E-state index in [4.69, 9.17) is 26.8 Å². The lowest BCUT2D eigenvalue weighted by Gasteiger charge is -2.18. The Morgan fingerprint density at radius 1 is 1.06 bits per heavy atom. The molecule has 1 atom stereocenters. The Morgan fingerprint density at radius 2 is 1.79 bits per heavy atom. The van der Waals surface area contributed by atoms with Crippen LogP contribution in [0, 0.1) is 6.92 Å². The van der Waals surface area contributed by atoms with Gasteiger partial charge in [-0.1, -0.05) is 41.9 Å². The van der Waals surface area contributed by atoms with Crippen LogP contribution in [0.1, 0.15) is 24.0 Å². The Labute approximate surface area is 195 Å². The first-order chi connectivity index (χ1) is 15.7. The number of amides is 4. The third-order valence-electron chi connectivity index (χ3n) is 4.33. The molecular weight excluding hydrogens is 452 g/mol. The molecule has 0 heterocycles. The van der Waals surface area contributed by atoms with Crippen molar-refractivity contribution < 1.29 is 28.7 Å². The maximum Gasteiger partial charge on any atom is 0.408 e. The van der Waals surface area contributed by atoms with Gasteiger partial charge >= 0.3 is 6.09 Å². The third kappa shape index (κ3) is 9.48. The van der Waals surface area contributed by atoms with E-state index in [0.29, 0.717) is 10.8 Å². The molecule has 0 fully saturated rings. The number of carbonyl (C=O) groups excluding carboxylic acids is 4. The average Bonchev–Trinajstić information content (AvgIpc) is 2.80. The minimum absolute atomic E-state index is 0.00488. The molecule has 11 heteroatoms. The van der Waals surface area contributed by atoms with E-state index in [1.807, 2.05) is 6.07 Å². The van der Waals surface area contributed by atoms with Gasteiger partial charge in [-0.2, -0.15) is 0 Å². The SMILES string of the molecule is Cc1cc(OCC(=O)NNC(=O)[C@H](CCC(N)=O)NC(=O)OCc2ccccc2)ccc1Cl. The van der Waals surface area contributed by atoms with Crippen molar-refractivity contribution in [2.24, 2.45) is 5.73 Å². The van der Waals surface area contributed by atoms with Gasteiger partial charge in [-0.25, -0.2) is 4.79 Å². The van der Waals surface area contributed by atoms with Gasteiger partial charge in [-0.3, -0.25) is 25.2 Å². The van der Waals surface area contributed by atoms with Crippen LogP contribution < -0.4 is 26.6 Å². The third-order valence-corrected chi connectivity index (χ3v) is 4.75. The quantitative estimate of drug-likeness (QED) is 0.384. The average molecular weight is 477 g/mol. The molecule has 0 aliphatic rings. The molecule has 10 nitrogen and oxygen atoms in total.